The summed E-state index contributed by atoms with van der Waals surface area (Å²) in [4.78, 5) is 6.88. The maximum Gasteiger partial charge on any atom is 0.174 e. The zero-order valence-corrected chi connectivity index (χ0v) is 20.6. The lowest BCUT2D eigenvalue weighted by Crippen LogP contribution is -2.29. The molecule has 0 spiro atoms. The van der Waals surface area contributed by atoms with Gasteiger partial charge in [0.25, 0.3) is 0 Å². The number of thiocarbonyl (C=S) groups is 1. The Morgan fingerprint density at radius 3 is 2.38 bits per heavy atom. The van der Waals surface area contributed by atoms with E-state index < -0.39 is 0 Å². The van der Waals surface area contributed by atoms with E-state index in [0.717, 1.165) is 17.1 Å². The van der Waals surface area contributed by atoms with Crippen LogP contribution >= 0.6 is 12.2 Å². The van der Waals surface area contributed by atoms with E-state index >= 15 is 0 Å². The van der Waals surface area contributed by atoms with Crippen molar-refractivity contribution in [2.45, 2.75) is 32.9 Å². The second-order valence-corrected chi connectivity index (χ2v) is 9.08. The number of ether oxygens (including phenoxy) is 1. The Balaban J connectivity index is 1.67. The Hall–Kier alpha value is -3.64. The summed E-state index contributed by atoms with van der Waals surface area (Å²) in [6.07, 6.45) is 1.84. The second kappa shape index (κ2) is 8.95. The van der Waals surface area contributed by atoms with Crippen LogP contribution in [0.5, 0.6) is 5.75 Å². The van der Waals surface area contributed by atoms with Crippen LogP contribution in [0.1, 0.15) is 40.3 Å². The summed E-state index contributed by atoms with van der Waals surface area (Å²) in [5.41, 5.74) is 7.98. The Morgan fingerprint density at radius 1 is 0.912 bits per heavy atom. The van der Waals surface area contributed by atoms with Crippen LogP contribution in [0.3, 0.4) is 0 Å². The summed E-state index contributed by atoms with van der Waals surface area (Å²) >= 11 is 5.88. The molecule has 1 aliphatic heterocycles. The third-order valence-electron chi connectivity index (χ3n) is 6.50. The van der Waals surface area contributed by atoms with Gasteiger partial charge >= 0.3 is 0 Å². The molecule has 1 aliphatic rings. The Kier molecular flexibility index (Phi) is 5.84. The molecule has 0 unspecified atom stereocenters. The molecule has 172 valence electrons. The SMILES string of the molecule is COc1ccc(N2C(=S)N[C@@H](c3ccccn3)[C@@H]2c2cc(C)n(-c3cccc(C)c3)c2C)cc1. The van der Waals surface area contributed by atoms with Gasteiger partial charge in [-0.2, -0.15) is 0 Å². The molecule has 2 atom stereocenters. The van der Waals surface area contributed by atoms with E-state index in [0.29, 0.717) is 5.11 Å². The van der Waals surface area contributed by atoms with Crippen molar-refractivity contribution in [1.82, 2.24) is 14.9 Å². The van der Waals surface area contributed by atoms with Crippen molar-refractivity contribution in [3.63, 3.8) is 0 Å². The summed E-state index contributed by atoms with van der Waals surface area (Å²) in [5.74, 6) is 0.817. The molecule has 1 saturated heterocycles. The van der Waals surface area contributed by atoms with E-state index in [1.54, 1.807) is 7.11 Å². The van der Waals surface area contributed by atoms with Crippen molar-refractivity contribution in [2.75, 3.05) is 12.0 Å². The molecular weight excluding hydrogens is 440 g/mol. The highest BCUT2D eigenvalue weighted by Crippen LogP contribution is 2.44. The fourth-order valence-corrected chi connectivity index (χ4v) is 5.29. The first-order chi connectivity index (χ1) is 16.5. The van der Waals surface area contributed by atoms with Crippen LogP contribution < -0.4 is 15.0 Å². The average molecular weight is 469 g/mol. The van der Waals surface area contributed by atoms with Gasteiger partial charge in [-0.1, -0.05) is 18.2 Å². The predicted molar refractivity (Wildman–Crippen MR) is 141 cm³/mol. The van der Waals surface area contributed by atoms with E-state index in [1.165, 1.54) is 28.2 Å². The van der Waals surface area contributed by atoms with Gasteiger partial charge in [0.2, 0.25) is 0 Å². The molecule has 1 fully saturated rings. The Labute approximate surface area is 206 Å². The van der Waals surface area contributed by atoms with Crippen molar-refractivity contribution < 1.29 is 4.74 Å². The largest absolute Gasteiger partial charge is 0.497 e. The number of hydrogen-bond acceptors (Lipinski definition) is 3. The van der Waals surface area contributed by atoms with Gasteiger partial charge in [-0.25, -0.2) is 0 Å². The van der Waals surface area contributed by atoms with Crippen LogP contribution in [-0.2, 0) is 0 Å². The minimum atomic E-state index is -0.0812. The van der Waals surface area contributed by atoms with Gasteiger partial charge in [-0.3, -0.25) is 4.98 Å². The first kappa shape index (κ1) is 22.2. The van der Waals surface area contributed by atoms with Gasteiger partial charge in [-0.05, 0) is 98.7 Å². The number of anilines is 1. The van der Waals surface area contributed by atoms with Crippen molar-refractivity contribution in [3.8, 4) is 11.4 Å². The molecule has 0 aliphatic carbocycles. The normalized spacial score (nSPS) is 17.6. The molecule has 0 saturated carbocycles. The first-order valence-corrected chi connectivity index (χ1v) is 11.8. The van der Waals surface area contributed by atoms with Gasteiger partial charge in [-0.15, -0.1) is 0 Å². The molecule has 6 heteroatoms. The van der Waals surface area contributed by atoms with Crippen LogP contribution in [0, 0.1) is 20.8 Å². The van der Waals surface area contributed by atoms with Gasteiger partial charge in [0.15, 0.2) is 5.11 Å². The van der Waals surface area contributed by atoms with E-state index in [9.17, 15) is 0 Å². The molecule has 5 rings (SSSR count). The molecule has 0 bridgehead atoms. The van der Waals surface area contributed by atoms with E-state index in [-0.39, 0.29) is 12.1 Å². The number of rotatable bonds is 5. The van der Waals surface area contributed by atoms with Crippen molar-refractivity contribution >= 4 is 23.0 Å². The monoisotopic (exact) mass is 468 g/mol. The van der Waals surface area contributed by atoms with Gasteiger partial charge in [0.1, 0.15) is 5.75 Å². The lowest BCUT2D eigenvalue weighted by Gasteiger charge is -2.28. The summed E-state index contributed by atoms with van der Waals surface area (Å²) in [6.45, 7) is 6.47. The van der Waals surface area contributed by atoms with Crippen molar-refractivity contribution in [3.05, 3.63) is 107 Å². The standard InChI is InChI=1S/C28H28N4OS/c1-18-8-7-9-22(16-18)31-19(2)17-24(20(31)3)27-26(25-10-5-6-15-29-25)30-28(34)32(27)21-11-13-23(33-4)14-12-21/h5-17,26-27H,1-4H3,(H,30,34)/t26-,27-/m0/s1. The highest BCUT2D eigenvalue weighted by Gasteiger charge is 2.42. The van der Waals surface area contributed by atoms with Crippen LogP contribution in [0.2, 0.25) is 0 Å². The molecule has 2 aromatic heterocycles. The number of aromatic nitrogens is 2. The minimum Gasteiger partial charge on any atom is -0.497 e. The average Bonchev–Trinajstić information content (AvgIpc) is 3.34. The van der Waals surface area contributed by atoms with E-state index in [4.69, 9.17) is 17.0 Å². The topological polar surface area (TPSA) is 42.3 Å². The maximum absolute atomic E-state index is 5.88. The molecule has 0 radical (unpaired) electrons. The smallest absolute Gasteiger partial charge is 0.174 e. The maximum atomic E-state index is 5.88. The van der Waals surface area contributed by atoms with Gasteiger partial charge in [0, 0.05) is 29.0 Å². The fourth-order valence-electron chi connectivity index (χ4n) is 4.94. The predicted octanol–water partition coefficient (Wildman–Crippen LogP) is 5.98. The molecule has 0 amide bonds. The zero-order valence-electron chi connectivity index (χ0n) is 19.8. The number of hydrogen-bond donors (Lipinski definition) is 1. The third-order valence-corrected chi connectivity index (χ3v) is 6.81. The molecule has 34 heavy (non-hydrogen) atoms. The van der Waals surface area contributed by atoms with Crippen LogP contribution in [0.4, 0.5) is 5.69 Å². The molecule has 4 aromatic rings. The first-order valence-electron chi connectivity index (χ1n) is 11.4. The highest BCUT2D eigenvalue weighted by molar-refractivity contribution is 7.80. The van der Waals surface area contributed by atoms with E-state index in [2.05, 4.69) is 89.1 Å². The summed E-state index contributed by atoms with van der Waals surface area (Å²) in [6, 6.07) is 24.8. The number of benzene rings is 2. The zero-order chi connectivity index (χ0) is 23.8. The molecular formula is C28H28N4OS. The summed E-state index contributed by atoms with van der Waals surface area (Å²) in [5, 5.41) is 4.24. The number of methoxy groups -OCH3 is 1. The van der Waals surface area contributed by atoms with Crippen molar-refractivity contribution in [2.24, 2.45) is 0 Å². The summed E-state index contributed by atoms with van der Waals surface area (Å²) in [7, 11) is 1.68. The van der Waals surface area contributed by atoms with Gasteiger partial charge < -0.3 is 19.5 Å². The quantitative estimate of drug-likeness (QED) is 0.365. The Morgan fingerprint density at radius 2 is 1.71 bits per heavy atom. The fraction of sp³-hybridized carbons (Fsp3) is 0.214. The van der Waals surface area contributed by atoms with Crippen molar-refractivity contribution in [1.29, 1.82) is 0 Å². The molecule has 1 N–H and O–H groups in total. The molecule has 2 aromatic carbocycles. The van der Waals surface area contributed by atoms with Crippen LogP contribution in [0.25, 0.3) is 5.69 Å². The number of aryl methyl sites for hydroxylation is 2. The number of nitrogens with one attached hydrogen (secondary N) is 1. The van der Waals surface area contributed by atoms with Crippen LogP contribution in [-0.4, -0.2) is 21.8 Å². The lowest BCUT2D eigenvalue weighted by atomic mass is 9.96. The lowest BCUT2D eigenvalue weighted by molar-refractivity contribution is 0.415. The number of nitrogens with zero attached hydrogens (tertiary/aromatic N) is 3. The van der Waals surface area contributed by atoms with E-state index in [1.807, 2.05) is 30.5 Å². The molecule has 3 heterocycles. The third kappa shape index (κ3) is 3.84. The van der Waals surface area contributed by atoms with Gasteiger partial charge in [0.05, 0.1) is 24.9 Å². The molecule has 5 nitrogen and oxygen atoms in total. The second-order valence-electron chi connectivity index (χ2n) is 8.70. The van der Waals surface area contributed by atoms with Crippen LogP contribution in [0.15, 0.2) is 79.0 Å². The number of pyridine rings is 1. The Bertz CT molecular complexity index is 1330. The summed E-state index contributed by atoms with van der Waals surface area (Å²) < 4.78 is 7.70. The highest BCUT2D eigenvalue weighted by atomic mass is 32.1. The minimum absolute atomic E-state index is 0.0550.